The van der Waals surface area contributed by atoms with Crippen molar-refractivity contribution in [3.05, 3.63) is 64.1 Å². The number of aromatic hydroxyl groups is 1. The van der Waals surface area contributed by atoms with Gasteiger partial charge in [-0.05, 0) is 23.8 Å². The zero-order valence-corrected chi connectivity index (χ0v) is 12.7. The van der Waals surface area contributed by atoms with E-state index in [9.17, 15) is 9.90 Å². The molecule has 21 heavy (non-hydrogen) atoms. The molecule has 5 heteroatoms. The van der Waals surface area contributed by atoms with Gasteiger partial charge in [-0.1, -0.05) is 46.3 Å². The van der Waals surface area contributed by atoms with Crippen LogP contribution in [0.3, 0.4) is 0 Å². The van der Waals surface area contributed by atoms with E-state index in [1.165, 1.54) is 11.2 Å². The summed E-state index contributed by atoms with van der Waals surface area (Å²) in [5.74, 6) is 0.112. The highest BCUT2D eigenvalue weighted by Crippen LogP contribution is 2.34. The first-order valence-corrected chi connectivity index (χ1v) is 7.34. The highest BCUT2D eigenvalue weighted by molar-refractivity contribution is 9.10. The van der Waals surface area contributed by atoms with E-state index in [2.05, 4.69) is 21.0 Å². The zero-order valence-electron chi connectivity index (χ0n) is 11.1. The van der Waals surface area contributed by atoms with Crippen LogP contribution >= 0.6 is 15.9 Å². The van der Waals surface area contributed by atoms with Crippen molar-refractivity contribution < 1.29 is 9.90 Å². The van der Waals surface area contributed by atoms with Gasteiger partial charge in [0.05, 0.1) is 18.7 Å². The van der Waals surface area contributed by atoms with Gasteiger partial charge in [0.1, 0.15) is 5.75 Å². The number of amides is 1. The molecule has 1 fully saturated rings. The number of hydrogen-bond acceptors (Lipinski definition) is 3. The zero-order chi connectivity index (χ0) is 14.8. The van der Waals surface area contributed by atoms with Crippen LogP contribution in [0.2, 0.25) is 0 Å². The Kier molecular flexibility index (Phi) is 3.75. The number of rotatable bonds is 3. The fraction of sp³-hybridized carbons (Fsp3) is 0.125. The average molecular weight is 345 g/mol. The van der Waals surface area contributed by atoms with Crippen LogP contribution in [-0.4, -0.2) is 22.2 Å². The minimum atomic E-state index is -0.0238. The summed E-state index contributed by atoms with van der Waals surface area (Å²) in [7, 11) is 0. The van der Waals surface area contributed by atoms with Gasteiger partial charge in [0.2, 0.25) is 5.91 Å². The Bertz CT molecular complexity index is 701. The van der Waals surface area contributed by atoms with Crippen molar-refractivity contribution in [2.75, 3.05) is 0 Å². The lowest BCUT2D eigenvalue weighted by molar-refractivity contribution is -0.146. The Morgan fingerprint density at radius 3 is 2.71 bits per heavy atom. The van der Waals surface area contributed by atoms with Crippen molar-refractivity contribution in [3.8, 4) is 5.75 Å². The second kappa shape index (κ2) is 5.69. The van der Waals surface area contributed by atoms with Crippen molar-refractivity contribution in [1.82, 2.24) is 5.01 Å². The van der Waals surface area contributed by atoms with Gasteiger partial charge in [-0.25, -0.2) is 5.01 Å². The number of carbonyl (C=O) groups is 1. The molecule has 0 saturated carbocycles. The number of nitrogens with zero attached hydrogens (tertiary/aromatic N) is 2. The van der Waals surface area contributed by atoms with Crippen molar-refractivity contribution in [3.63, 3.8) is 0 Å². The van der Waals surface area contributed by atoms with E-state index in [1.807, 2.05) is 30.3 Å². The van der Waals surface area contributed by atoms with Gasteiger partial charge in [0.15, 0.2) is 0 Å². The van der Waals surface area contributed by atoms with Crippen LogP contribution in [0.4, 0.5) is 0 Å². The second-order valence-electron chi connectivity index (χ2n) is 4.82. The number of benzene rings is 2. The Hall–Kier alpha value is -2.14. The Labute approximate surface area is 130 Å². The van der Waals surface area contributed by atoms with Gasteiger partial charge in [-0.3, -0.25) is 4.79 Å². The average Bonchev–Trinajstić information content (AvgIpc) is 2.49. The predicted octanol–water partition coefficient (Wildman–Crippen LogP) is 3.46. The first-order chi connectivity index (χ1) is 10.1. The molecule has 1 N–H and O–H groups in total. The maximum atomic E-state index is 11.7. The number of hydrogen-bond donors (Lipinski definition) is 1. The molecule has 106 valence electrons. The number of phenolic OH excluding ortho intramolecular Hbond substituents is 1. The molecule has 1 aliphatic heterocycles. The molecule has 0 radical (unpaired) electrons. The van der Waals surface area contributed by atoms with Crippen LogP contribution in [0.25, 0.3) is 0 Å². The van der Waals surface area contributed by atoms with E-state index in [4.69, 9.17) is 0 Å². The van der Waals surface area contributed by atoms with Crippen molar-refractivity contribution in [1.29, 1.82) is 0 Å². The predicted molar refractivity (Wildman–Crippen MR) is 84.0 cm³/mol. The van der Waals surface area contributed by atoms with Gasteiger partial charge < -0.3 is 5.11 Å². The summed E-state index contributed by atoms with van der Waals surface area (Å²) in [6, 6.07) is 14.8. The molecule has 0 spiro atoms. The molecule has 2 aromatic carbocycles. The minimum absolute atomic E-state index is 0.0189. The van der Waals surface area contributed by atoms with Crippen LogP contribution < -0.4 is 0 Å². The maximum Gasteiger partial charge on any atom is 0.245 e. The minimum Gasteiger partial charge on any atom is -0.507 e. The van der Waals surface area contributed by atoms with Crippen molar-refractivity contribution in [2.24, 2.45) is 5.10 Å². The number of phenols is 1. The summed E-state index contributed by atoms with van der Waals surface area (Å²) in [6.45, 7) is 0. The van der Waals surface area contributed by atoms with E-state index < -0.39 is 0 Å². The third-order valence-corrected chi connectivity index (χ3v) is 3.91. The fourth-order valence-electron chi connectivity index (χ4n) is 2.24. The largest absolute Gasteiger partial charge is 0.507 e. The molecule has 0 aromatic heterocycles. The number of halogens is 1. The van der Waals surface area contributed by atoms with E-state index in [1.54, 1.807) is 18.2 Å². The monoisotopic (exact) mass is 344 g/mol. The summed E-state index contributed by atoms with van der Waals surface area (Å²) in [6.07, 6.45) is 1.97. The molecular formula is C16H13BrN2O2. The first kappa shape index (κ1) is 13.8. The second-order valence-corrected chi connectivity index (χ2v) is 5.73. The van der Waals surface area contributed by atoms with Crippen molar-refractivity contribution in [2.45, 2.75) is 12.5 Å². The Balaban J connectivity index is 1.81. The van der Waals surface area contributed by atoms with Gasteiger partial charge in [0, 0.05) is 10.0 Å². The highest BCUT2D eigenvalue weighted by atomic mass is 79.9. The molecule has 1 unspecified atom stereocenters. The molecule has 1 aliphatic rings. The molecular weight excluding hydrogens is 332 g/mol. The van der Waals surface area contributed by atoms with Crippen molar-refractivity contribution >= 4 is 28.1 Å². The van der Waals surface area contributed by atoms with E-state index >= 15 is 0 Å². The lowest BCUT2D eigenvalue weighted by atomic mass is 9.96. The Morgan fingerprint density at radius 2 is 2.00 bits per heavy atom. The maximum absolute atomic E-state index is 11.7. The summed E-state index contributed by atoms with van der Waals surface area (Å²) in [5, 5.41) is 15.4. The number of carbonyl (C=O) groups excluding carboxylic acids is 1. The SMILES string of the molecule is O=C1CC(c2ccccc2)N1N=Cc1cc(Br)ccc1O. The third kappa shape index (κ3) is 2.83. The normalized spacial score (nSPS) is 18.0. The van der Waals surface area contributed by atoms with Crippen LogP contribution in [0.15, 0.2) is 58.1 Å². The quantitative estimate of drug-likeness (QED) is 0.684. The van der Waals surface area contributed by atoms with Gasteiger partial charge >= 0.3 is 0 Å². The van der Waals surface area contributed by atoms with Crippen LogP contribution in [-0.2, 0) is 4.79 Å². The molecule has 4 nitrogen and oxygen atoms in total. The van der Waals surface area contributed by atoms with E-state index in [-0.39, 0.29) is 17.7 Å². The van der Waals surface area contributed by atoms with Gasteiger partial charge in [-0.2, -0.15) is 5.10 Å². The molecule has 1 amide bonds. The third-order valence-electron chi connectivity index (χ3n) is 3.41. The number of hydrazone groups is 1. The molecule has 2 aromatic rings. The topological polar surface area (TPSA) is 52.9 Å². The standard InChI is InChI=1S/C16H13BrN2O2/c17-13-6-7-15(20)12(8-13)10-18-19-14(9-16(19)21)11-4-2-1-3-5-11/h1-8,10,14,20H,9H2. The van der Waals surface area contributed by atoms with Gasteiger partial charge in [0.25, 0.3) is 0 Å². The van der Waals surface area contributed by atoms with Crippen LogP contribution in [0, 0.1) is 0 Å². The molecule has 3 rings (SSSR count). The lowest BCUT2D eigenvalue weighted by Crippen LogP contribution is -2.42. The van der Waals surface area contributed by atoms with E-state index in [0.29, 0.717) is 12.0 Å². The molecule has 1 heterocycles. The summed E-state index contributed by atoms with van der Waals surface area (Å²) in [5.41, 5.74) is 1.63. The Morgan fingerprint density at radius 1 is 1.24 bits per heavy atom. The highest BCUT2D eigenvalue weighted by Gasteiger charge is 2.37. The molecule has 0 aliphatic carbocycles. The molecule has 0 bridgehead atoms. The summed E-state index contributed by atoms with van der Waals surface area (Å²) >= 11 is 3.34. The summed E-state index contributed by atoms with van der Waals surface area (Å²) in [4.78, 5) is 11.7. The van der Waals surface area contributed by atoms with Crippen LogP contribution in [0.1, 0.15) is 23.6 Å². The summed E-state index contributed by atoms with van der Waals surface area (Å²) < 4.78 is 0.844. The number of β-lactam (4-membered cyclic amide) rings is 1. The lowest BCUT2D eigenvalue weighted by Gasteiger charge is -2.36. The smallest absolute Gasteiger partial charge is 0.245 e. The van der Waals surface area contributed by atoms with Gasteiger partial charge in [-0.15, -0.1) is 0 Å². The van der Waals surface area contributed by atoms with E-state index in [0.717, 1.165) is 10.0 Å². The molecule has 1 saturated heterocycles. The fourth-order valence-corrected chi connectivity index (χ4v) is 2.62. The first-order valence-electron chi connectivity index (χ1n) is 6.54. The molecule has 1 atom stereocenters. The van der Waals surface area contributed by atoms with Crippen LogP contribution in [0.5, 0.6) is 5.75 Å².